The summed E-state index contributed by atoms with van der Waals surface area (Å²) in [4.78, 5) is 0. The Labute approximate surface area is 60.8 Å². The Balaban J connectivity index is 0. The van der Waals surface area contributed by atoms with Crippen molar-refractivity contribution in [2.75, 3.05) is 13.2 Å². The van der Waals surface area contributed by atoms with Gasteiger partial charge in [-0.05, 0) is 0 Å². The van der Waals surface area contributed by atoms with Gasteiger partial charge in [0.2, 0.25) is 0 Å². The van der Waals surface area contributed by atoms with Crippen molar-refractivity contribution in [2.45, 2.75) is 0 Å². The van der Waals surface area contributed by atoms with Gasteiger partial charge in [0.25, 0.3) is 0 Å². The number of aliphatic hydroxyl groups excluding tert-OH is 2. The van der Waals surface area contributed by atoms with Crippen LogP contribution in [0.5, 0.6) is 0 Å². The van der Waals surface area contributed by atoms with E-state index in [4.69, 9.17) is 10.2 Å². The van der Waals surface area contributed by atoms with E-state index in [1.54, 1.807) is 0 Å². The van der Waals surface area contributed by atoms with Crippen LogP contribution < -0.4 is 0 Å². The van der Waals surface area contributed by atoms with Crippen LogP contribution in [0.25, 0.3) is 0 Å². The van der Waals surface area contributed by atoms with Gasteiger partial charge in [-0.2, -0.15) is 0 Å². The quantitative estimate of drug-likeness (QED) is 0.399. The number of hydrogen-bond acceptors (Lipinski definition) is 2. The summed E-state index contributed by atoms with van der Waals surface area (Å²) >= 11 is 0. The molecule has 0 aliphatic heterocycles. The summed E-state index contributed by atoms with van der Waals surface area (Å²) in [6.07, 6.45) is 0. The molecule has 0 aromatic carbocycles. The summed E-state index contributed by atoms with van der Waals surface area (Å²) in [5, 5.41) is 15.2. The maximum Gasteiger partial charge on any atom is 0.0662 e. The van der Waals surface area contributed by atoms with Crippen molar-refractivity contribution in [2.24, 2.45) is 0 Å². The summed E-state index contributed by atoms with van der Waals surface area (Å²) in [6, 6.07) is 0. The Bertz CT molecular complexity index is 9.61. The molecule has 2 N–H and O–H groups in total. The van der Waals surface area contributed by atoms with Crippen molar-refractivity contribution >= 4 is 37.7 Å². The number of aliphatic hydroxyl groups is 2. The second kappa shape index (κ2) is 8.95. The molecule has 0 spiro atoms. The Morgan fingerprint density at radius 1 is 1.00 bits per heavy atom. The summed E-state index contributed by atoms with van der Waals surface area (Å²) < 4.78 is 0. The zero-order valence-electron chi connectivity index (χ0n) is 3.02. The van der Waals surface area contributed by atoms with Gasteiger partial charge in [0.1, 0.15) is 0 Å². The molecule has 5 heavy (non-hydrogen) atoms. The monoisotopic (exact) mass is 102 g/mol. The smallest absolute Gasteiger partial charge is 0.0662 e. The zero-order valence-corrected chi connectivity index (χ0v) is 5.22. The first-order valence-corrected chi connectivity index (χ1v) is 1.13. The van der Waals surface area contributed by atoms with Gasteiger partial charge in [0.15, 0.2) is 0 Å². The van der Waals surface area contributed by atoms with Crippen LogP contribution >= 0.6 is 0 Å². The molecular formula is C2H6CaO2. The number of rotatable bonds is 1. The molecule has 3 heteroatoms. The van der Waals surface area contributed by atoms with Crippen molar-refractivity contribution in [3.05, 3.63) is 0 Å². The van der Waals surface area contributed by atoms with Gasteiger partial charge in [0.05, 0.1) is 13.2 Å². The summed E-state index contributed by atoms with van der Waals surface area (Å²) in [6.45, 7) is -0.250. The topological polar surface area (TPSA) is 40.5 Å². The van der Waals surface area contributed by atoms with Gasteiger partial charge in [-0.15, -0.1) is 0 Å². The first kappa shape index (κ1) is 9.49. The third-order valence-corrected chi connectivity index (χ3v) is 0.1000. The predicted molar refractivity (Wildman–Crippen MR) is 19.9 cm³/mol. The molecule has 0 bridgehead atoms. The van der Waals surface area contributed by atoms with Crippen LogP contribution in [-0.2, 0) is 0 Å². The minimum Gasteiger partial charge on any atom is -0.394 e. The molecule has 0 saturated heterocycles. The number of hydrogen-bond donors (Lipinski definition) is 2. The van der Waals surface area contributed by atoms with E-state index in [0.29, 0.717) is 0 Å². The average molecular weight is 102 g/mol. The minimum absolute atomic E-state index is 0. The van der Waals surface area contributed by atoms with Crippen LogP contribution in [0.15, 0.2) is 0 Å². The molecule has 0 saturated carbocycles. The molecule has 0 aliphatic carbocycles. The van der Waals surface area contributed by atoms with Crippen molar-refractivity contribution in [3.8, 4) is 0 Å². The third-order valence-electron chi connectivity index (χ3n) is 0.1000. The van der Waals surface area contributed by atoms with Gasteiger partial charge in [-0.25, -0.2) is 0 Å². The Morgan fingerprint density at radius 3 is 1.20 bits per heavy atom. The van der Waals surface area contributed by atoms with Crippen molar-refractivity contribution in [1.82, 2.24) is 0 Å². The van der Waals surface area contributed by atoms with E-state index < -0.39 is 0 Å². The fourth-order valence-corrected chi connectivity index (χ4v) is 0. The zero-order chi connectivity index (χ0) is 3.41. The Hall–Kier alpha value is 1.18. The Morgan fingerprint density at radius 2 is 1.20 bits per heavy atom. The van der Waals surface area contributed by atoms with Gasteiger partial charge in [-0.1, -0.05) is 0 Å². The minimum atomic E-state index is -0.125. The first-order valence-electron chi connectivity index (χ1n) is 1.13. The predicted octanol–water partition coefficient (Wildman–Crippen LogP) is -1.41. The largest absolute Gasteiger partial charge is 0.394 e. The van der Waals surface area contributed by atoms with E-state index in [2.05, 4.69) is 0 Å². The van der Waals surface area contributed by atoms with Gasteiger partial charge >= 0.3 is 0 Å². The third kappa shape index (κ3) is 11.0. The molecule has 0 aromatic rings. The molecule has 28 valence electrons. The summed E-state index contributed by atoms with van der Waals surface area (Å²) in [7, 11) is 0. The van der Waals surface area contributed by atoms with Gasteiger partial charge in [0, 0.05) is 37.7 Å². The molecule has 0 rings (SSSR count). The van der Waals surface area contributed by atoms with E-state index in [1.165, 1.54) is 0 Å². The van der Waals surface area contributed by atoms with Crippen LogP contribution in [0, 0.1) is 0 Å². The van der Waals surface area contributed by atoms with Crippen LogP contribution in [0.3, 0.4) is 0 Å². The first-order chi connectivity index (χ1) is 1.91. The molecule has 0 unspecified atom stereocenters. The van der Waals surface area contributed by atoms with E-state index in [0.717, 1.165) is 0 Å². The fraction of sp³-hybridized carbons (Fsp3) is 1.00. The molecule has 2 radical (unpaired) electrons. The maximum atomic E-state index is 7.62. The average Bonchev–Trinajstić information content (AvgIpc) is 1.37. The van der Waals surface area contributed by atoms with E-state index >= 15 is 0 Å². The van der Waals surface area contributed by atoms with Crippen LogP contribution in [-0.4, -0.2) is 61.2 Å². The normalized spacial score (nSPS) is 6.00. The molecule has 2 nitrogen and oxygen atoms in total. The maximum absolute atomic E-state index is 7.62. The van der Waals surface area contributed by atoms with Crippen molar-refractivity contribution in [3.63, 3.8) is 0 Å². The van der Waals surface area contributed by atoms with E-state index in [9.17, 15) is 0 Å². The molecule has 0 atom stereocenters. The Kier molecular flexibility index (Phi) is 17.0. The molecule has 0 aromatic heterocycles. The van der Waals surface area contributed by atoms with Crippen molar-refractivity contribution < 1.29 is 10.2 Å². The van der Waals surface area contributed by atoms with Crippen LogP contribution in [0.4, 0.5) is 0 Å². The molecule has 0 amide bonds. The summed E-state index contributed by atoms with van der Waals surface area (Å²) in [5.74, 6) is 0. The second-order valence-electron chi connectivity index (χ2n) is 0.447. The molecule has 0 aliphatic rings. The molecule has 0 heterocycles. The second-order valence-corrected chi connectivity index (χ2v) is 0.447. The van der Waals surface area contributed by atoms with Crippen molar-refractivity contribution in [1.29, 1.82) is 0 Å². The SMILES string of the molecule is OCCO.[Ca]. The van der Waals surface area contributed by atoms with E-state index in [1.807, 2.05) is 0 Å². The van der Waals surface area contributed by atoms with Crippen LogP contribution in [0.1, 0.15) is 0 Å². The standard InChI is InChI=1S/C2H6O2.Ca/c3-1-2-4;/h3-4H,1-2H2;. The summed E-state index contributed by atoms with van der Waals surface area (Å²) in [5.41, 5.74) is 0. The van der Waals surface area contributed by atoms with Gasteiger partial charge in [-0.3, -0.25) is 0 Å². The van der Waals surface area contributed by atoms with E-state index in [-0.39, 0.29) is 51.0 Å². The molecule has 0 fully saturated rings. The fourth-order valence-electron chi connectivity index (χ4n) is 0. The molecular weight excluding hydrogens is 96.1 g/mol. The van der Waals surface area contributed by atoms with Crippen LogP contribution in [0.2, 0.25) is 0 Å². The van der Waals surface area contributed by atoms with Gasteiger partial charge < -0.3 is 10.2 Å².